The number of hydrogen-bond acceptors (Lipinski definition) is 3. The highest BCUT2D eigenvalue weighted by Crippen LogP contribution is 1.88. The molecule has 3 heteroatoms. The summed E-state index contributed by atoms with van der Waals surface area (Å²) in [5, 5.41) is 8.92. The van der Waals surface area contributed by atoms with E-state index < -0.39 is 0 Å². The molecule has 0 amide bonds. The van der Waals surface area contributed by atoms with Crippen LogP contribution in [0.25, 0.3) is 0 Å². The molecule has 0 bridgehead atoms. The molecule has 0 atom stereocenters. The maximum Gasteiger partial charge on any atom is 0.0640 e. The van der Waals surface area contributed by atoms with Crippen molar-refractivity contribution in [1.29, 1.82) is 0 Å². The molecule has 0 saturated heterocycles. The Hall–Kier alpha value is -0.640. The normalized spacial score (nSPS) is 9.38. The largest absolute Gasteiger partial charge is 0.299 e. The van der Waals surface area contributed by atoms with Crippen molar-refractivity contribution < 1.29 is 5.21 Å². The van der Waals surface area contributed by atoms with Crippen LogP contribution in [-0.4, -0.2) is 16.9 Å². The molecule has 0 saturated carbocycles. The van der Waals surface area contributed by atoms with Crippen molar-refractivity contribution in [3.05, 3.63) is 24.8 Å². The lowest BCUT2D eigenvalue weighted by molar-refractivity contribution is -0.0837. The molecule has 0 spiro atoms. The van der Waals surface area contributed by atoms with Gasteiger partial charge in [0.2, 0.25) is 0 Å². The van der Waals surface area contributed by atoms with Gasteiger partial charge in [0.15, 0.2) is 0 Å². The van der Waals surface area contributed by atoms with E-state index in [9.17, 15) is 0 Å². The minimum Gasteiger partial charge on any atom is -0.299 e. The second-order valence-electron chi connectivity index (χ2n) is 1.46. The van der Waals surface area contributed by atoms with E-state index in [0.29, 0.717) is 10.7 Å². The van der Waals surface area contributed by atoms with Gasteiger partial charge in [-0.05, 0) is 5.57 Å². The van der Waals surface area contributed by atoms with E-state index in [2.05, 4.69) is 13.2 Å². The van der Waals surface area contributed by atoms with Crippen molar-refractivity contribution in [3.8, 4) is 0 Å². The van der Waals surface area contributed by atoms with Crippen LogP contribution in [0.5, 0.6) is 0 Å². The number of hydrazine groups is 1. The third kappa shape index (κ3) is 3.55. The van der Waals surface area contributed by atoms with Crippen molar-refractivity contribution >= 4 is 0 Å². The van der Waals surface area contributed by atoms with Crippen LogP contribution in [0.4, 0.5) is 0 Å². The molecule has 0 aliphatic rings. The summed E-state index contributed by atoms with van der Waals surface area (Å²) in [6.45, 7) is 7.17. The predicted molar refractivity (Wildman–Crippen MR) is 32.0 cm³/mol. The Labute approximate surface area is 48.6 Å². The lowest BCUT2D eigenvalue weighted by Gasteiger charge is -2.05. The van der Waals surface area contributed by atoms with Crippen LogP contribution in [-0.2, 0) is 0 Å². The number of nitrogens with two attached hydrogens (primary N) is 1. The summed E-state index contributed by atoms with van der Waals surface area (Å²) in [6.07, 6.45) is 1.54. The Balaban J connectivity index is 3.39. The molecule has 0 aromatic heterocycles. The van der Waals surface area contributed by atoms with Gasteiger partial charge in [-0.1, -0.05) is 19.2 Å². The average molecular weight is 114 g/mol. The third-order valence-electron chi connectivity index (χ3n) is 0.654. The first-order chi connectivity index (χ1) is 3.66. The average Bonchev–Trinajstić information content (AvgIpc) is 1.65. The van der Waals surface area contributed by atoms with E-state index in [1.807, 2.05) is 0 Å². The van der Waals surface area contributed by atoms with E-state index in [1.165, 1.54) is 6.08 Å². The second-order valence-corrected chi connectivity index (χ2v) is 1.46. The fraction of sp³-hybridized carbons (Fsp3) is 0.200. The van der Waals surface area contributed by atoms with Crippen LogP contribution in [0.3, 0.4) is 0 Å². The van der Waals surface area contributed by atoms with Gasteiger partial charge in [-0.15, -0.1) is 5.17 Å². The fourth-order valence-corrected chi connectivity index (χ4v) is 0.273. The van der Waals surface area contributed by atoms with E-state index >= 15 is 0 Å². The van der Waals surface area contributed by atoms with Gasteiger partial charge >= 0.3 is 0 Å². The van der Waals surface area contributed by atoms with E-state index in [0.717, 1.165) is 0 Å². The number of nitrogens with zero attached hydrogens (tertiary/aromatic N) is 1. The minimum atomic E-state index is 0.240. The van der Waals surface area contributed by atoms with E-state index in [4.69, 9.17) is 11.0 Å². The Morgan fingerprint density at radius 1 is 1.88 bits per heavy atom. The first-order valence-corrected chi connectivity index (χ1v) is 2.18. The van der Waals surface area contributed by atoms with Gasteiger partial charge in [-0.25, -0.2) is 5.84 Å². The lowest BCUT2D eigenvalue weighted by Crippen LogP contribution is -2.28. The van der Waals surface area contributed by atoms with Crippen LogP contribution in [0.2, 0.25) is 0 Å². The van der Waals surface area contributed by atoms with Crippen LogP contribution in [0.1, 0.15) is 0 Å². The van der Waals surface area contributed by atoms with Crippen molar-refractivity contribution in [1.82, 2.24) is 5.17 Å². The smallest absolute Gasteiger partial charge is 0.0640 e. The zero-order chi connectivity index (χ0) is 6.57. The molecule has 0 aliphatic heterocycles. The summed E-state index contributed by atoms with van der Waals surface area (Å²) in [5.74, 6) is 4.85. The van der Waals surface area contributed by atoms with Gasteiger partial charge in [0.1, 0.15) is 0 Å². The molecule has 0 aromatic rings. The van der Waals surface area contributed by atoms with E-state index in [1.54, 1.807) is 0 Å². The molecule has 0 radical (unpaired) electrons. The Morgan fingerprint density at radius 2 is 2.38 bits per heavy atom. The molecular weight excluding hydrogens is 104 g/mol. The summed E-state index contributed by atoms with van der Waals surface area (Å²) in [7, 11) is 0. The maximum absolute atomic E-state index is 8.36. The number of rotatable bonds is 3. The van der Waals surface area contributed by atoms with Crippen LogP contribution < -0.4 is 5.84 Å². The van der Waals surface area contributed by atoms with Crippen molar-refractivity contribution in [2.45, 2.75) is 0 Å². The Bertz CT molecular complexity index is 98.6. The first-order valence-electron chi connectivity index (χ1n) is 2.18. The summed E-state index contributed by atoms with van der Waals surface area (Å²) in [5.41, 5.74) is 0.690. The summed E-state index contributed by atoms with van der Waals surface area (Å²) in [6, 6.07) is 0. The molecule has 0 heterocycles. The summed E-state index contributed by atoms with van der Waals surface area (Å²) in [4.78, 5) is 0. The van der Waals surface area contributed by atoms with Gasteiger partial charge in [0.05, 0.1) is 6.54 Å². The monoisotopic (exact) mass is 114 g/mol. The van der Waals surface area contributed by atoms with Gasteiger partial charge in [-0.2, -0.15) is 0 Å². The molecule has 3 nitrogen and oxygen atoms in total. The standard InChI is InChI=1S/C5H10N2O/c1-3-5(2)4-7(6)8/h3,8H,1-2,4,6H2. The SMILES string of the molecule is C=CC(=C)CN(N)O. The van der Waals surface area contributed by atoms with Gasteiger partial charge in [-0.3, -0.25) is 5.21 Å². The van der Waals surface area contributed by atoms with Crippen molar-refractivity contribution in [2.75, 3.05) is 6.54 Å². The van der Waals surface area contributed by atoms with Gasteiger partial charge in [0.25, 0.3) is 0 Å². The fourth-order valence-electron chi connectivity index (χ4n) is 0.273. The zero-order valence-electron chi connectivity index (χ0n) is 4.67. The predicted octanol–water partition coefficient (Wildman–Crippen LogP) is 0.294. The highest BCUT2D eigenvalue weighted by molar-refractivity contribution is 5.11. The minimum absolute atomic E-state index is 0.240. The summed E-state index contributed by atoms with van der Waals surface area (Å²) >= 11 is 0. The molecular formula is C5H10N2O. The molecule has 0 unspecified atom stereocenters. The second kappa shape index (κ2) is 3.37. The first kappa shape index (κ1) is 7.36. The highest BCUT2D eigenvalue weighted by Gasteiger charge is 1.90. The summed E-state index contributed by atoms with van der Waals surface area (Å²) < 4.78 is 0. The van der Waals surface area contributed by atoms with Crippen molar-refractivity contribution in [3.63, 3.8) is 0 Å². The zero-order valence-corrected chi connectivity index (χ0v) is 4.67. The number of hydroxylamine groups is 1. The lowest BCUT2D eigenvalue weighted by atomic mass is 10.3. The van der Waals surface area contributed by atoms with Crippen LogP contribution >= 0.6 is 0 Å². The van der Waals surface area contributed by atoms with Crippen molar-refractivity contribution in [2.24, 2.45) is 5.84 Å². The highest BCUT2D eigenvalue weighted by atomic mass is 16.5. The molecule has 0 fully saturated rings. The van der Waals surface area contributed by atoms with Crippen LogP contribution in [0.15, 0.2) is 24.8 Å². The Morgan fingerprint density at radius 3 is 2.50 bits per heavy atom. The van der Waals surface area contributed by atoms with Gasteiger partial charge < -0.3 is 0 Å². The number of hydrogen-bond donors (Lipinski definition) is 2. The Kier molecular flexibility index (Phi) is 3.10. The molecule has 46 valence electrons. The third-order valence-corrected chi connectivity index (χ3v) is 0.654. The molecule has 0 aromatic carbocycles. The van der Waals surface area contributed by atoms with Crippen LogP contribution in [0, 0.1) is 0 Å². The quantitative estimate of drug-likeness (QED) is 0.315. The topological polar surface area (TPSA) is 49.5 Å². The van der Waals surface area contributed by atoms with E-state index in [-0.39, 0.29) is 6.54 Å². The molecule has 0 rings (SSSR count). The molecule has 3 N–H and O–H groups in total. The molecule has 8 heavy (non-hydrogen) atoms. The molecule has 0 aliphatic carbocycles. The van der Waals surface area contributed by atoms with Gasteiger partial charge in [0, 0.05) is 0 Å². The maximum atomic E-state index is 8.36.